The average molecular weight is 303 g/mol. The van der Waals surface area contributed by atoms with Gasteiger partial charge in [0.05, 0.1) is 5.97 Å². The van der Waals surface area contributed by atoms with Gasteiger partial charge in [0.1, 0.15) is 0 Å². The minimum atomic E-state index is -1.68. The van der Waals surface area contributed by atoms with E-state index >= 15 is 0 Å². The first-order valence-corrected chi connectivity index (χ1v) is 4.18. The maximum atomic E-state index is 10.4. The van der Waals surface area contributed by atoms with Crippen LogP contribution in [0, 0.1) is 0 Å². The van der Waals surface area contributed by atoms with Gasteiger partial charge in [-0.15, -0.1) is 0 Å². The molecule has 0 saturated heterocycles. The smallest absolute Gasteiger partial charge is 0.545 e. The Morgan fingerprint density at radius 3 is 2.12 bits per heavy atom. The molecule has 1 rings (SSSR count). The molecule has 1 aromatic rings. The van der Waals surface area contributed by atoms with Crippen molar-refractivity contribution >= 4 is 34.5 Å². The quantitative estimate of drug-likeness (QED) is 0.524. The van der Waals surface area contributed by atoms with E-state index in [2.05, 4.69) is 15.9 Å². The van der Waals surface area contributed by atoms with Crippen LogP contribution in [0.25, 0.3) is 0 Å². The molecule has 0 aliphatic heterocycles. The summed E-state index contributed by atoms with van der Waals surface area (Å²) in [5.41, 5.74) is 0.00560. The van der Waals surface area contributed by atoms with Gasteiger partial charge in [-0.1, -0.05) is 22.0 Å². The standard InChI is InChI=1S/C7H6BBrO4.Na.2H2O/c9-6-2-4(7(10)11)1-5(3-6)8(12)13;;;/h1-3,12-13H,(H,10,11);;2*1H2/q;+1;;/p-1. The van der Waals surface area contributed by atoms with Crippen LogP contribution in [0.1, 0.15) is 10.4 Å². The predicted octanol–water partition coefficient (Wildman–Crippen LogP) is -6.15. The Labute approximate surface area is 122 Å². The fraction of sp³-hybridized carbons (Fsp3) is 0. The zero-order chi connectivity index (χ0) is 10.0. The van der Waals surface area contributed by atoms with Gasteiger partial charge in [-0.3, -0.25) is 0 Å². The van der Waals surface area contributed by atoms with Crippen LogP contribution in [0.3, 0.4) is 0 Å². The molecule has 84 valence electrons. The van der Waals surface area contributed by atoms with E-state index in [1.165, 1.54) is 12.1 Å². The van der Waals surface area contributed by atoms with Gasteiger partial charge >= 0.3 is 36.7 Å². The van der Waals surface area contributed by atoms with Crippen molar-refractivity contribution in [2.24, 2.45) is 0 Å². The van der Waals surface area contributed by atoms with E-state index in [1.807, 2.05) is 0 Å². The number of carbonyl (C=O) groups excluding carboxylic acids is 1. The number of aromatic carboxylic acids is 1. The molecule has 0 atom stereocenters. The molecule has 0 fully saturated rings. The third kappa shape index (κ3) is 5.97. The van der Waals surface area contributed by atoms with Crippen molar-refractivity contribution < 1.29 is 60.5 Å². The molecule has 16 heavy (non-hydrogen) atoms. The SMILES string of the molecule is O.O.O=C([O-])c1cc(Br)cc(B(O)O)c1.[Na+]. The van der Waals surface area contributed by atoms with Crippen molar-refractivity contribution in [2.75, 3.05) is 0 Å². The van der Waals surface area contributed by atoms with Crippen LogP contribution in [-0.4, -0.2) is 34.1 Å². The normalized spacial score (nSPS) is 7.94. The molecule has 1 aromatic carbocycles. The van der Waals surface area contributed by atoms with Crippen molar-refractivity contribution in [1.29, 1.82) is 0 Å². The Kier molecular flexibility index (Phi) is 12.2. The second kappa shape index (κ2) is 9.14. The van der Waals surface area contributed by atoms with Gasteiger partial charge in [-0.05, 0) is 23.2 Å². The van der Waals surface area contributed by atoms with E-state index in [-0.39, 0.29) is 51.5 Å². The second-order valence-electron chi connectivity index (χ2n) is 2.43. The summed E-state index contributed by atoms with van der Waals surface area (Å²) in [7, 11) is -1.68. The fourth-order valence-electron chi connectivity index (χ4n) is 0.879. The molecular weight excluding hydrogens is 294 g/mol. The molecule has 0 aromatic heterocycles. The average Bonchev–Trinajstić information content (AvgIpc) is 2.03. The number of carbonyl (C=O) groups is 1. The number of hydrogen-bond donors (Lipinski definition) is 2. The monoisotopic (exact) mass is 302 g/mol. The first-order valence-electron chi connectivity index (χ1n) is 3.38. The maximum absolute atomic E-state index is 10.4. The van der Waals surface area contributed by atoms with Gasteiger partial charge in [0.2, 0.25) is 0 Å². The van der Waals surface area contributed by atoms with Gasteiger partial charge in [-0.2, -0.15) is 0 Å². The molecule has 0 heterocycles. The van der Waals surface area contributed by atoms with Crippen LogP contribution in [0.4, 0.5) is 0 Å². The molecule has 0 unspecified atom stereocenters. The number of hydrogen-bond acceptors (Lipinski definition) is 4. The minimum Gasteiger partial charge on any atom is -0.545 e. The second-order valence-corrected chi connectivity index (χ2v) is 3.35. The van der Waals surface area contributed by atoms with Crippen LogP contribution >= 0.6 is 15.9 Å². The van der Waals surface area contributed by atoms with Gasteiger partial charge in [-0.25, -0.2) is 0 Å². The Balaban J connectivity index is -0.000000563. The summed E-state index contributed by atoms with van der Waals surface area (Å²) in [6, 6.07) is 3.88. The van der Waals surface area contributed by atoms with E-state index in [9.17, 15) is 9.90 Å². The van der Waals surface area contributed by atoms with E-state index in [1.54, 1.807) is 0 Å². The molecule has 0 aliphatic carbocycles. The van der Waals surface area contributed by atoms with Gasteiger partial charge in [0.25, 0.3) is 0 Å². The van der Waals surface area contributed by atoms with E-state index in [0.717, 1.165) is 6.07 Å². The Hall–Kier alpha value is 0.0749. The van der Waals surface area contributed by atoms with Gasteiger partial charge in [0, 0.05) is 4.47 Å². The Bertz CT molecular complexity index is 348. The third-order valence-corrected chi connectivity index (χ3v) is 1.91. The molecule has 0 aliphatic rings. The van der Waals surface area contributed by atoms with E-state index in [0.29, 0.717) is 4.47 Å². The number of halogens is 1. The van der Waals surface area contributed by atoms with Crippen LogP contribution in [0.5, 0.6) is 0 Å². The summed E-state index contributed by atoms with van der Waals surface area (Å²) in [5, 5.41) is 28.0. The zero-order valence-corrected chi connectivity index (χ0v) is 12.0. The first-order chi connectivity index (χ1) is 6.00. The number of carboxylic acid groups (broad SMARTS) is 1. The molecule has 9 heteroatoms. The number of benzene rings is 1. The summed E-state index contributed by atoms with van der Waals surface area (Å²) in [6.07, 6.45) is 0. The molecule has 0 spiro atoms. The largest absolute Gasteiger partial charge is 1.00 e. The van der Waals surface area contributed by atoms with Crippen LogP contribution in [0.2, 0.25) is 0 Å². The van der Waals surface area contributed by atoms with Crippen molar-refractivity contribution in [1.82, 2.24) is 0 Å². The number of rotatable bonds is 2. The summed E-state index contributed by atoms with van der Waals surface area (Å²) >= 11 is 3.04. The molecule has 6 N–H and O–H groups in total. The molecule has 0 bridgehead atoms. The summed E-state index contributed by atoms with van der Waals surface area (Å²) in [6.45, 7) is 0. The summed E-state index contributed by atoms with van der Waals surface area (Å²) < 4.78 is 0.456. The van der Waals surface area contributed by atoms with Crippen molar-refractivity contribution in [2.45, 2.75) is 0 Å². The van der Waals surface area contributed by atoms with Crippen molar-refractivity contribution in [3.63, 3.8) is 0 Å². The third-order valence-electron chi connectivity index (χ3n) is 1.45. The Morgan fingerprint density at radius 1 is 1.25 bits per heavy atom. The first kappa shape index (κ1) is 21.4. The summed E-state index contributed by atoms with van der Waals surface area (Å²) in [5.74, 6) is -1.36. The molecule has 0 radical (unpaired) electrons. The van der Waals surface area contributed by atoms with Gasteiger partial charge < -0.3 is 30.9 Å². The van der Waals surface area contributed by atoms with Crippen LogP contribution < -0.4 is 40.1 Å². The molecule has 6 nitrogen and oxygen atoms in total. The molecular formula is C7H9BBrNaO6. The van der Waals surface area contributed by atoms with Crippen LogP contribution in [0.15, 0.2) is 22.7 Å². The molecule has 0 saturated carbocycles. The zero-order valence-electron chi connectivity index (χ0n) is 8.40. The van der Waals surface area contributed by atoms with Gasteiger partial charge in [0.15, 0.2) is 0 Å². The fourth-order valence-corrected chi connectivity index (χ4v) is 1.39. The Morgan fingerprint density at radius 2 is 1.75 bits per heavy atom. The van der Waals surface area contributed by atoms with E-state index < -0.39 is 13.1 Å². The summed E-state index contributed by atoms with van der Waals surface area (Å²) in [4.78, 5) is 10.4. The van der Waals surface area contributed by atoms with Crippen molar-refractivity contribution in [3.05, 3.63) is 28.2 Å². The van der Waals surface area contributed by atoms with E-state index in [4.69, 9.17) is 10.0 Å². The maximum Gasteiger partial charge on any atom is 1.00 e. The predicted molar refractivity (Wildman–Crippen MR) is 55.5 cm³/mol. The number of carboxylic acids is 1. The molecule has 0 amide bonds. The topological polar surface area (TPSA) is 144 Å². The van der Waals surface area contributed by atoms with Crippen molar-refractivity contribution in [3.8, 4) is 0 Å². The minimum absolute atomic E-state index is 0. The van der Waals surface area contributed by atoms with Crippen LogP contribution in [-0.2, 0) is 0 Å².